The summed E-state index contributed by atoms with van der Waals surface area (Å²) < 4.78 is 0. The third-order valence-corrected chi connectivity index (χ3v) is 2.24. The summed E-state index contributed by atoms with van der Waals surface area (Å²) in [7, 11) is 0. The lowest BCUT2D eigenvalue weighted by atomic mass is 9.79. The van der Waals surface area contributed by atoms with E-state index in [1.807, 2.05) is 13.8 Å². The van der Waals surface area contributed by atoms with Gasteiger partial charge in [0.15, 0.2) is 0 Å². The first-order valence-corrected chi connectivity index (χ1v) is 3.95. The van der Waals surface area contributed by atoms with Crippen LogP contribution < -0.4 is 0 Å². The Labute approximate surface area is 64.1 Å². The van der Waals surface area contributed by atoms with Crippen LogP contribution in [0.4, 0.5) is 0 Å². The first-order valence-electron chi connectivity index (χ1n) is 3.95. The van der Waals surface area contributed by atoms with Crippen molar-refractivity contribution >= 4 is 0 Å². The van der Waals surface area contributed by atoms with Gasteiger partial charge in [-0.2, -0.15) is 5.26 Å². The van der Waals surface area contributed by atoms with Crippen molar-refractivity contribution < 1.29 is 0 Å². The maximum absolute atomic E-state index is 8.74. The lowest BCUT2D eigenvalue weighted by Crippen LogP contribution is -2.18. The number of nitriles is 1. The Morgan fingerprint density at radius 3 is 2.30 bits per heavy atom. The van der Waals surface area contributed by atoms with Gasteiger partial charge in [-0.15, -0.1) is 0 Å². The average molecular weight is 139 g/mol. The Hall–Kier alpha value is -0.510. The highest BCUT2D eigenvalue weighted by Crippen LogP contribution is 2.28. The fourth-order valence-corrected chi connectivity index (χ4v) is 0.904. The van der Waals surface area contributed by atoms with Crippen molar-refractivity contribution in [2.45, 2.75) is 40.5 Å². The number of nitrogens with zero attached hydrogens (tertiary/aromatic N) is 1. The molecule has 10 heavy (non-hydrogen) atoms. The molecule has 0 aliphatic carbocycles. The first kappa shape index (κ1) is 9.49. The first-order chi connectivity index (χ1) is 4.54. The van der Waals surface area contributed by atoms with E-state index in [-0.39, 0.29) is 5.41 Å². The molecule has 1 heteroatoms. The molecule has 0 radical (unpaired) electrons. The molecular weight excluding hydrogens is 122 g/mol. The van der Waals surface area contributed by atoms with Gasteiger partial charge in [0.25, 0.3) is 0 Å². The van der Waals surface area contributed by atoms with Crippen molar-refractivity contribution in [3.63, 3.8) is 0 Å². The van der Waals surface area contributed by atoms with Crippen molar-refractivity contribution in [2.24, 2.45) is 11.3 Å². The van der Waals surface area contributed by atoms with Crippen LogP contribution in [0.25, 0.3) is 0 Å². The maximum atomic E-state index is 8.74. The molecule has 0 fully saturated rings. The van der Waals surface area contributed by atoms with E-state index in [1.165, 1.54) is 6.42 Å². The second-order valence-corrected chi connectivity index (χ2v) is 3.52. The minimum Gasteiger partial charge on any atom is -0.198 e. The van der Waals surface area contributed by atoms with Crippen LogP contribution in [0.3, 0.4) is 0 Å². The maximum Gasteiger partial charge on any atom is 0.0686 e. The number of rotatable bonds is 3. The van der Waals surface area contributed by atoms with Crippen molar-refractivity contribution in [3.05, 3.63) is 0 Å². The van der Waals surface area contributed by atoms with Crippen molar-refractivity contribution in [1.29, 1.82) is 5.26 Å². The topological polar surface area (TPSA) is 23.8 Å². The molecule has 0 aliphatic rings. The summed E-state index contributed by atoms with van der Waals surface area (Å²) in [4.78, 5) is 0. The summed E-state index contributed by atoms with van der Waals surface area (Å²) in [6, 6.07) is 2.33. The van der Waals surface area contributed by atoms with Gasteiger partial charge in [0.2, 0.25) is 0 Å². The van der Waals surface area contributed by atoms with Crippen LogP contribution in [0.2, 0.25) is 0 Å². The van der Waals surface area contributed by atoms with E-state index in [2.05, 4.69) is 19.9 Å². The van der Waals surface area contributed by atoms with E-state index in [4.69, 9.17) is 5.26 Å². The van der Waals surface area contributed by atoms with Crippen LogP contribution in [-0.2, 0) is 0 Å². The van der Waals surface area contributed by atoms with Crippen molar-refractivity contribution in [2.75, 3.05) is 0 Å². The molecule has 0 N–H and O–H groups in total. The largest absolute Gasteiger partial charge is 0.198 e. The summed E-state index contributed by atoms with van der Waals surface area (Å²) in [5, 5.41) is 8.74. The van der Waals surface area contributed by atoms with Crippen molar-refractivity contribution in [3.8, 4) is 6.07 Å². The van der Waals surface area contributed by atoms with Gasteiger partial charge in [-0.3, -0.25) is 0 Å². The Morgan fingerprint density at radius 1 is 1.50 bits per heavy atom. The number of hydrogen-bond acceptors (Lipinski definition) is 1. The monoisotopic (exact) mass is 139 g/mol. The van der Waals surface area contributed by atoms with Gasteiger partial charge >= 0.3 is 0 Å². The van der Waals surface area contributed by atoms with Gasteiger partial charge in [0, 0.05) is 0 Å². The summed E-state index contributed by atoms with van der Waals surface area (Å²) in [6.45, 7) is 8.32. The van der Waals surface area contributed by atoms with Gasteiger partial charge in [-0.1, -0.05) is 20.3 Å². The average Bonchev–Trinajstić information content (AvgIpc) is 1.89. The van der Waals surface area contributed by atoms with E-state index in [9.17, 15) is 0 Å². The molecule has 0 aromatic carbocycles. The van der Waals surface area contributed by atoms with Crippen molar-refractivity contribution in [1.82, 2.24) is 0 Å². The molecule has 0 spiro atoms. The second kappa shape index (κ2) is 3.61. The van der Waals surface area contributed by atoms with Gasteiger partial charge in [-0.05, 0) is 26.2 Å². The van der Waals surface area contributed by atoms with Crippen LogP contribution in [-0.4, -0.2) is 0 Å². The smallest absolute Gasteiger partial charge is 0.0686 e. The zero-order valence-corrected chi connectivity index (χ0v) is 7.44. The Kier molecular flexibility index (Phi) is 3.42. The van der Waals surface area contributed by atoms with Crippen LogP contribution in [0.1, 0.15) is 40.5 Å². The predicted molar refractivity (Wildman–Crippen MR) is 43.5 cm³/mol. The van der Waals surface area contributed by atoms with Gasteiger partial charge in [-0.25, -0.2) is 0 Å². The zero-order chi connectivity index (χ0) is 8.20. The molecule has 0 rings (SSSR count). The summed E-state index contributed by atoms with van der Waals surface area (Å²) >= 11 is 0. The molecule has 58 valence electrons. The summed E-state index contributed by atoms with van der Waals surface area (Å²) in [5.74, 6) is 0.516. The summed E-state index contributed by atoms with van der Waals surface area (Å²) in [6.07, 6.45) is 2.33. The molecule has 0 aromatic rings. The van der Waals surface area contributed by atoms with E-state index in [0.717, 1.165) is 6.42 Å². The lowest BCUT2D eigenvalue weighted by molar-refractivity contribution is 0.298. The van der Waals surface area contributed by atoms with Gasteiger partial charge in [0.05, 0.1) is 11.5 Å². The molecular formula is C9H17N. The predicted octanol–water partition coefficient (Wildman–Crippen LogP) is 2.97. The van der Waals surface area contributed by atoms with Crippen LogP contribution in [0.15, 0.2) is 0 Å². The third-order valence-electron chi connectivity index (χ3n) is 2.24. The van der Waals surface area contributed by atoms with E-state index < -0.39 is 0 Å². The highest BCUT2D eigenvalue weighted by molar-refractivity contribution is 4.94. The normalized spacial score (nSPS) is 14.3. The van der Waals surface area contributed by atoms with Gasteiger partial charge in [0.1, 0.15) is 0 Å². The second-order valence-electron chi connectivity index (χ2n) is 3.52. The Bertz CT molecular complexity index is 130. The molecule has 0 aliphatic heterocycles. The molecule has 1 atom stereocenters. The van der Waals surface area contributed by atoms with Crippen LogP contribution >= 0.6 is 0 Å². The van der Waals surface area contributed by atoms with E-state index in [1.54, 1.807) is 0 Å². The zero-order valence-electron chi connectivity index (χ0n) is 7.44. The molecule has 0 saturated heterocycles. The highest BCUT2D eigenvalue weighted by Gasteiger charge is 2.23. The summed E-state index contributed by atoms with van der Waals surface area (Å²) in [5.41, 5.74) is -0.143. The fourth-order valence-electron chi connectivity index (χ4n) is 0.904. The third kappa shape index (κ3) is 2.39. The fraction of sp³-hybridized carbons (Fsp3) is 0.889. The molecule has 0 amide bonds. The van der Waals surface area contributed by atoms with Crippen LogP contribution in [0.5, 0.6) is 0 Å². The minimum atomic E-state index is -0.143. The highest BCUT2D eigenvalue weighted by atomic mass is 14.4. The molecule has 0 bridgehead atoms. The molecule has 0 saturated carbocycles. The molecule has 1 nitrogen and oxygen atoms in total. The standard InChI is InChI=1S/C9H17N/c1-5-6-8(2)9(3,4)7-10/h8H,5-6H2,1-4H3/t8-/m0/s1. The molecule has 0 unspecified atom stereocenters. The van der Waals surface area contributed by atoms with Gasteiger partial charge < -0.3 is 0 Å². The Balaban J connectivity index is 3.94. The quantitative estimate of drug-likeness (QED) is 0.589. The molecule has 0 aromatic heterocycles. The van der Waals surface area contributed by atoms with E-state index >= 15 is 0 Å². The molecule has 0 heterocycles. The van der Waals surface area contributed by atoms with E-state index in [0.29, 0.717) is 5.92 Å². The minimum absolute atomic E-state index is 0.143. The van der Waals surface area contributed by atoms with Crippen LogP contribution in [0, 0.1) is 22.7 Å². The number of hydrogen-bond donors (Lipinski definition) is 0. The lowest BCUT2D eigenvalue weighted by Gasteiger charge is -2.23. The SMILES string of the molecule is CCC[C@H](C)C(C)(C)C#N. The Morgan fingerprint density at radius 2 is 2.00 bits per heavy atom.